The van der Waals surface area contributed by atoms with Crippen LogP contribution in [0.4, 0.5) is 5.69 Å². The minimum absolute atomic E-state index is 0.0755. The fourth-order valence-corrected chi connectivity index (χ4v) is 2.44. The number of rotatable bonds is 5. The molecule has 1 atom stereocenters. The molecule has 1 aromatic carbocycles. The number of piperidine rings is 1. The standard InChI is InChI=1S/C16H22N2O2/c1-3-10-20-15-8-4-7-14(11-15)17-16(19)13-6-5-9-18(2)12-13/h3-4,7-8,11,13H,1,5-6,9-10,12H2,2H3,(H,17,19)/t13-/m0/s1. The van der Waals surface area contributed by atoms with Gasteiger partial charge in [-0.25, -0.2) is 0 Å². The molecule has 0 aromatic heterocycles. The zero-order chi connectivity index (χ0) is 14.4. The van der Waals surface area contributed by atoms with E-state index in [9.17, 15) is 4.79 Å². The zero-order valence-corrected chi connectivity index (χ0v) is 12.0. The summed E-state index contributed by atoms with van der Waals surface area (Å²) < 4.78 is 5.46. The van der Waals surface area contributed by atoms with Crippen LogP contribution in [0, 0.1) is 5.92 Å². The summed E-state index contributed by atoms with van der Waals surface area (Å²) >= 11 is 0. The first kappa shape index (κ1) is 14.6. The summed E-state index contributed by atoms with van der Waals surface area (Å²) in [6, 6.07) is 7.47. The summed E-state index contributed by atoms with van der Waals surface area (Å²) in [6.07, 6.45) is 3.74. The monoisotopic (exact) mass is 274 g/mol. The summed E-state index contributed by atoms with van der Waals surface area (Å²) in [4.78, 5) is 14.4. The third-order valence-electron chi connectivity index (χ3n) is 3.46. The Hall–Kier alpha value is -1.81. The van der Waals surface area contributed by atoms with E-state index in [0.29, 0.717) is 6.61 Å². The Morgan fingerprint density at radius 3 is 3.20 bits per heavy atom. The van der Waals surface area contributed by atoms with Gasteiger partial charge in [-0.3, -0.25) is 4.79 Å². The van der Waals surface area contributed by atoms with E-state index in [1.807, 2.05) is 24.3 Å². The first-order chi connectivity index (χ1) is 9.69. The molecule has 2 rings (SSSR count). The average molecular weight is 274 g/mol. The number of likely N-dealkylation sites (tertiary alicyclic amines) is 1. The molecule has 0 saturated carbocycles. The van der Waals surface area contributed by atoms with Crippen molar-refractivity contribution < 1.29 is 9.53 Å². The number of carbonyl (C=O) groups excluding carboxylic acids is 1. The van der Waals surface area contributed by atoms with Crippen LogP contribution in [0.2, 0.25) is 0 Å². The van der Waals surface area contributed by atoms with Crippen LogP contribution < -0.4 is 10.1 Å². The number of ether oxygens (including phenoxy) is 1. The Morgan fingerprint density at radius 1 is 1.60 bits per heavy atom. The molecule has 4 nitrogen and oxygen atoms in total. The van der Waals surface area contributed by atoms with Crippen LogP contribution in [0.25, 0.3) is 0 Å². The maximum atomic E-state index is 12.2. The van der Waals surface area contributed by atoms with Crippen LogP contribution >= 0.6 is 0 Å². The van der Waals surface area contributed by atoms with Gasteiger partial charge in [0.05, 0.1) is 5.92 Å². The molecule has 1 amide bonds. The van der Waals surface area contributed by atoms with Crippen molar-refractivity contribution in [2.45, 2.75) is 12.8 Å². The van der Waals surface area contributed by atoms with Gasteiger partial charge in [-0.15, -0.1) is 0 Å². The van der Waals surface area contributed by atoms with E-state index in [1.165, 1.54) is 0 Å². The van der Waals surface area contributed by atoms with Gasteiger partial charge >= 0.3 is 0 Å². The molecule has 0 radical (unpaired) electrons. The molecular weight excluding hydrogens is 252 g/mol. The van der Waals surface area contributed by atoms with Gasteiger partial charge in [-0.2, -0.15) is 0 Å². The van der Waals surface area contributed by atoms with E-state index in [2.05, 4.69) is 23.8 Å². The van der Waals surface area contributed by atoms with Crippen LogP contribution in [-0.2, 0) is 4.79 Å². The molecule has 0 spiro atoms. The topological polar surface area (TPSA) is 41.6 Å². The number of hydrogen-bond donors (Lipinski definition) is 1. The lowest BCUT2D eigenvalue weighted by Gasteiger charge is -2.28. The van der Waals surface area contributed by atoms with Gasteiger partial charge in [0.2, 0.25) is 5.91 Å². The molecule has 20 heavy (non-hydrogen) atoms. The number of anilines is 1. The second-order valence-corrected chi connectivity index (χ2v) is 5.22. The molecule has 0 aliphatic carbocycles. The highest BCUT2D eigenvalue weighted by Gasteiger charge is 2.23. The van der Waals surface area contributed by atoms with Gasteiger partial charge in [0.15, 0.2) is 0 Å². The van der Waals surface area contributed by atoms with Gasteiger partial charge in [-0.05, 0) is 38.6 Å². The van der Waals surface area contributed by atoms with E-state index in [-0.39, 0.29) is 11.8 Å². The van der Waals surface area contributed by atoms with Crippen molar-refractivity contribution in [1.29, 1.82) is 0 Å². The number of nitrogens with one attached hydrogen (secondary N) is 1. The largest absolute Gasteiger partial charge is 0.489 e. The minimum atomic E-state index is 0.0755. The fourth-order valence-electron chi connectivity index (χ4n) is 2.44. The Kier molecular flexibility index (Phi) is 5.18. The fraction of sp³-hybridized carbons (Fsp3) is 0.438. The van der Waals surface area contributed by atoms with Crippen LogP contribution in [0.15, 0.2) is 36.9 Å². The molecule has 1 heterocycles. The number of benzene rings is 1. The summed E-state index contributed by atoms with van der Waals surface area (Å²) in [6.45, 7) is 5.99. The maximum Gasteiger partial charge on any atom is 0.228 e. The highest BCUT2D eigenvalue weighted by molar-refractivity contribution is 5.92. The first-order valence-electron chi connectivity index (χ1n) is 7.02. The third kappa shape index (κ3) is 4.10. The second kappa shape index (κ2) is 7.10. The maximum absolute atomic E-state index is 12.2. The molecule has 1 aliphatic heterocycles. The Labute approximate surface area is 120 Å². The van der Waals surface area contributed by atoms with Crippen molar-refractivity contribution >= 4 is 11.6 Å². The van der Waals surface area contributed by atoms with E-state index in [1.54, 1.807) is 6.08 Å². The Bertz CT molecular complexity index is 473. The molecule has 0 bridgehead atoms. The quantitative estimate of drug-likeness (QED) is 0.839. The molecule has 4 heteroatoms. The molecule has 108 valence electrons. The van der Waals surface area contributed by atoms with Crippen molar-refractivity contribution in [3.8, 4) is 5.75 Å². The van der Waals surface area contributed by atoms with E-state index >= 15 is 0 Å². The first-order valence-corrected chi connectivity index (χ1v) is 7.02. The molecule has 1 aromatic rings. The highest BCUT2D eigenvalue weighted by atomic mass is 16.5. The smallest absolute Gasteiger partial charge is 0.228 e. The molecule has 1 aliphatic rings. The number of carbonyl (C=O) groups is 1. The predicted octanol–water partition coefficient (Wildman–Crippen LogP) is 2.53. The van der Waals surface area contributed by atoms with Gasteiger partial charge in [0.1, 0.15) is 12.4 Å². The van der Waals surface area contributed by atoms with Gasteiger partial charge < -0.3 is 15.0 Å². The highest BCUT2D eigenvalue weighted by Crippen LogP contribution is 2.20. The summed E-state index contributed by atoms with van der Waals surface area (Å²) in [7, 11) is 2.06. The molecule has 1 N–H and O–H groups in total. The van der Waals surface area contributed by atoms with Gasteiger partial charge in [-0.1, -0.05) is 18.7 Å². The predicted molar refractivity (Wildman–Crippen MR) is 81.0 cm³/mol. The van der Waals surface area contributed by atoms with Crippen molar-refractivity contribution in [1.82, 2.24) is 4.90 Å². The zero-order valence-electron chi connectivity index (χ0n) is 12.0. The Balaban J connectivity index is 1.94. The van der Waals surface area contributed by atoms with Gasteiger partial charge in [0.25, 0.3) is 0 Å². The second-order valence-electron chi connectivity index (χ2n) is 5.22. The number of amides is 1. The summed E-state index contributed by atoms with van der Waals surface area (Å²) in [5.74, 6) is 0.910. The molecule has 1 saturated heterocycles. The van der Waals surface area contributed by atoms with E-state index < -0.39 is 0 Å². The van der Waals surface area contributed by atoms with Crippen LogP contribution in [0.3, 0.4) is 0 Å². The number of hydrogen-bond acceptors (Lipinski definition) is 3. The lowest BCUT2D eigenvalue weighted by molar-refractivity contribution is -0.121. The summed E-state index contributed by atoms with van der Waals surface area (Å²) in [5, 5.41) is 2.98. The number of nitrogens with zero attached hydrogens (tertiary/aromatic N) is 1. The van der Waals surface area contributed by atoms with E-state index in [4.69, 9.17) is 4.74 Å². The molecule has 1 fully saturated rings. The Morgan fingerprint density at radius 2 is 2.45 bits per heavy atom. The average Bonchev–Trinajstić information content (AvgIpc) is 2.45. The van der Waals surface area contributed by atoms with Crippen molar-refractivity contribution in [2.75, 3.05) is 32.1 Å². The van der Waals surface area contributed by atoms with Crippen molar-refractivity contribution in [3.63, 3.8) is 0 Å². The lowest BCUT2D eigenvalue weighted by Crippen LogP contribution is -2.38. The lowest BCUT2D eigenvalue weighted by atomic mass is 9.97. The molecular formula is C16H22N2O2. The third-order valence-corrected chi connectivity index (χ3v) is 3.46. The SMILES string of the molecule is C=CCOc1cccc(NC(=O)[C@H]2CCCN(C)C2)c1. The van der Waals surface area contributed by atoms with Crippen molar-refractivity contribution in [2.24, 2.45) is 5.92 Å². The molecule has 0 unspecified atom stereocenters. The van der Waals surface area contributed by atoms with Crippen molar-refractivity contribution in [3.05, 3.63) is 36.9 Å². The summed E-state index contributed by atoms with van der Waals surface area (Å²) in [5.41, 5.74) is 0.782. The van der Waals surface area contributed by atoms with Crippen LogP contribution in [0.1, 0.15) is 12.8 Å². The minimum Gasteiger partial charge on any atom is -0.489 e. The van der Waals surface area contributed by atoms with E-state index in [0.717, 1.165) is 37.4 Å². The van der Waals surface area contributed by atoms with Gasteiger partial charge in [0, 0.05) is 18.3 Å². The normalized spacial score (nSPS) is 19.4. The van der Waals surface area contributed by atoms with Crippen LogP contribution in [-0.4, -0.2) is 37.6 Å². The van der Waals surface area contributed by atoms with Crippen LogP contribution in [0.5, 0.6) is 5.75 Å².